The molecule has 3 aliphatic rings. The number of piperazine rings is 1. The lowest BCUT2D eigenvalue weighted by Gasteiger charge is -2.33. The first-order valence-electron chi connectivity index (χ1n) is 12.3. The van der Waals surface area contributed by atoms with Crippen LogP contribution in [0.15, 0.2) is 36.4 Å². The fourth-order valence-electron chi connectivity index (χ4n) is 4.83. The van der Waals surface area contributed by atoms with E-state index in [1.54, 1.807) is 0 Å². The summed E-state index contributed by atoms with van der Waals surface area (Å²) in [6.45, 7) is 9.17. The van der Waals surface area contributed by atoms with E-state index in [1.165, 1.54) is 11.3 Å². The van der Waals surface area contributed by atoms with Gasteiger partial charge in [-0.1, -0.05) is 17.4 Å². The van der Waals surface area contributed by atoms with Crippen molar-refractivity contribution in [2.24, 2.45) is 0 Å². The number of nitrogens with zero attached hydrogens (tertiary/aromatic N) is 5. The molecule has 0 saturated carbocycles. The number of amides is 1. The van der Waals surface area contributed by atoms with Crippen molar-refractivity contribution in [3.05, 3.63) is 47.0 Å². The highest BCUT2D eigenvalue weighted by atomic mass is 32.1. The molecule has 0 unspecified atom stereocenters. The molecule has 5 heterocycles. The Labute approximate surface area is 214 Å². The van der Waals surface area contributed by atoms with Gasteiger partial charge in [-0.05, 0) is 39.1 Å². The minimum atomic E-state index is -0.301. The van der Waals surface area contributed by atoms with Crippen LogP contribution in [0.25, 0.3) is 0 Å². The summed E-state index contributed by atoms with van der Waals surface area (Å²) >= 11 is 1.43. The van der Waals surface area contributed by atoms with Gasteiger partial charge in [0.2, 0.25) is 5.88 Å². The predicted molar refractivity (Wildman–Crippen MR) is 140 cm³/mol. The second kappa shape index (κ2) is 8.94. The number of ether oxygens (including phenoxy) is 2. The Hall–Kier alpha value is -3.37. The van der Waals surface area contributed by atoms with Crippen LogP contribution in [0.4, 0.5) is 16.6 Å². The first-order chi connectivity index (χ1) is 17.3. The fourth-order valence-corrected chi connectivity index (χ4v) is 5.85. The number of thiazole rings is 1. The Morgan fingerprint density at radius 2 is 1.92 bits per heavy atom. The van der Waals surface area contributed by atoms with Crippen molar-refractivity contribution in [1.82, 2.24) is 20.2 Å². The Morgan fingerprint density at radius 3 is 2.75 bits per heavy atom. The smallest absolute Gasteiger partial charge is 0.263 e. The normalized spacial score (nSPS) is 19.2. The Morgan fingerprint density at radius 1 is 1.08 bits per heavy atom. The molecular formula is C26H30N6O3S. The Kier molecular flexibility index (Phi) is 5.72. The fraction of sp³-hybridized carbons (Fsp3) is 0.423. The van der Waals surface area contributed by atoms with Crippen LogP contribution in [0, 0.1) is 0 Å². The van der Waals surface area contributed by atoms with E-state index in [0.717, 1.165) is 54.3 Å². The SMILES string of the molecule is CN1CCN(c2cccc(Oc3ccc4c(c3)N(c3nc5c(s3)C(=O)NC(C)(C)C5)CCO4)n2)CC1. The predicted octanol–water partition coefficient (Wildman–Crippen LogP) is 3.68. The molecule has 0 bridgehead atoms. The molecule has 10 heteroatoms. The van der Waals surface area contributed by atoms with E-state index in [4.69, 9.17) is 19.4 Å². The van der Waals surface area contributed by atoms with Gasteiger partial charge in [0.05, 0.1) is 17.9 Å². The number of pyridine rings is 1. The average molecular weight is 507 g/mol. The third-order valence-electron chi connectivity index (χ3n) is 6.74. The summed E-state index contributed by atoms with van der Waals surface area (Å²) in [7, 11) is 2.14. The van der Waals surface area contributed by atoms with Crippen molar-refractivity contribution in [3.63, 3.8) is 0 Å². The van der Waals surface area contributed by atoms with Crippen LogP contribution in [0.3, 0.4) is 0 Å². The van der Waals surface area contributed by atoms with Gasteiger partial charge in [0.25, 0.3) is 5.91 Å². The second-order valence-electron chi connectivity index (χ2n) is 10.1. The molecule has 0 radical (unpaired) electrons. The molecule has 9 nitrogen and oxygen atoms in total. The molecule has 1 aromatic carbocycles. The maximum absolute atomic E-state index is 12.6. The first kappa shape index (κ1) is 23.1. The molecule has 0 atom stereocenters. The van der Waals surface area contributed by atoms with E-state index < -0.39 is 0 Å². The van der Waals surface area contributed by atoms with Gasteiger partial charge in [-0.15, -0.1) is 0 Å². The minimum Gasteiger partial charge on any atom is -0.490 e. The highest BCUT2D eigenvalue weighted by Gasteiger charge is 2.35. The zero-order valence-electron chi connectivity index (χ0n) is 20.8. The molecule has 0 spiro atoms. The molecule has 1 fully saturated rings. The maximum Gasteiger partial charge on any atom is 0.263 e. The summed E-state index contributed by atoms with van der Waals surface area (Å²) in [4.78, 5) is 29.7. The number of carbonyl (C=O) groups excluding carboxylic acids is 1. The number of anilines is 3. The van der Waals surface area contributed by atoms with Crippen LogP contribution in [-0.4, -0.2) is 72.7 Å². The molecular weight excluding hydrogens is 476 g/mol. The number of benzene rings is 1. The molecule has 0 aliphatic carbocycles. The molecule has 36 heavy (non-hydrogen) atoms. The van der Waals surface area contributed by atoms with Gasteiger partial charge in [0, 0.05) is 50.3 Å². The molecule has 3 aromatic rings. The van der Waals surface area contributed by atoms with Gasteiger partial charge in [0.1, 0.15) is 28.8 Å². The molecule has 2 aromatic heterocycles. The van der Waals surface area contributed by atoms with Crippen molar-refractivity contribution < 1.29 is 14.3 Å². The van der Waals surface area contributed by atoms with Gasteiger partial charge < -0.3 is 29.5 Å². The Balaban J connectivity index is 1.26. The van der Waals surface area contributed by atoms with E-state index in [0.29, 0.717) is 36.1 Å². The van der Waals surface area contributed by atoms with Gasteiger partial charge in [-0.2, -0.15) is 4.98 Å². The molecule has 1 saturated heterocycles. The van der Waals surface area contributed by atoms with E-state index >= 15 is 0 Å². The molecule has 1 amide bonds. The summed E-state index contributed by atoms with van der Waals surface area (Å²) in [5.41, 5.74) is 1.43. The van der Waals surface area contributed by atoms with Gasteiger partial charge in [-0.25, -0.2) is 4.98 Å². The van der Waals surface area contributed by atoms with Crippen LogP contribution < -0.4 is 24.6 Å². The zero-order chi connectivity index (χ0) is 24.9. The van der Waals surface area contributed by atoms with E-state index in [9.17, 15) is 4.79 Å². The van der Waals surface area contributed by atoms with Gasteiger partial charge in [-0.3, -0.25) is 4.79 Å². The molecule has 1 N–H and O–H groups in total. The van der Waals surface area contributed by atoms with Crippen molar-refractivity contribution in [2.75, 3.05) is 56.2 Å². The van der Waals surface area contributed by atoms with E-state index in [2.05, 4.69) is 27.1 Å². The monoisotopic (exact) mass is 506 g/mol. The number of fused-ring (bicyclic) bond motifs is 2. The summed E-state index contributed by atoms with van der Waals surface area (Å²) in [6, 6.07) is 11.7. The second-order valence-corrected chi connectivity index (χ2v) is 11.1. The third-order valence-corrected chi connectivity index (χ3v) is 7.86. The highest BCUT2D eigenvalue weighted by Crippen LogP contribution is 2.42. The van der Waals surface area contributed by atoms with Crippen LogP contribution in [-0.2, 0) is 6.42 Å². The van der Waals surface area contributed by atoms with Crippen molar-refractivity contribution in [2.45, 2.75) is 25.8 Å². The number of hydrogen-bond donors (Lipinski definition) is 1. The van der Waals surface area contributed by atoms with Crippen molar-refractivity contribution in [3.8, 4) is 17.4 Å². The lowest BCUT2D eigenvalue weighted by Crippen LogP contribution is -2.48. The molecule has 6 rings (SSSR count). The maximum atomic E-state index is 12.6. The molecule has 188 valence electrons. The highest BCUT2D eigenvalue weighted by molar-refractivity contribution is 7.17. The molecule has 3 aliphatic heterocycles. The van der Waals surface area contributed by atoms with Crippen molar-refractivity contribution >= 4 is 33.9 Å². The summed E-state index contributed by atoms with van der Waals surface area (Å²) in [5, 5.41) is 3.87. The van der Waals surface area contributed by atoms with E-state index in [1.807, 2.05) is 50.2 Å². The topological polar surface area (TPSA) is 83.1 Å². The minimum absolute atomic E-state index is 0.0538. The lowest BCUT2D eigenvalue weighted by molar-refractivity contribution is 0.0901. The number of likely N-dealkylation sites (N-methyl/N-ethyl adjacent to an activating group) is 1. The summed E-state index contributed by atoms with van der Waals surface area (Å²) < 4.78 is 12.1. The number of hydrogen-bond acceptors (Lipinski definition) is 9. The number of aromatic nitrogens is 2. The van der Waals surface area contributed by atoms with Gasteiger partial charge in [0.15, 0.2) is 5.13 Å². The zero-order valence-corrected chi connectivity index (χ0v) is 21.6. The van der Waals surface area contributed by atoms with Crippen molar-refractivity contribution in [1.29, 1.82) is 0 Å². The number of rotatable bonds is 4. The Bertz CT molecular complexity index is 1300. The van der Waals surface area contributed by atoms with Crippen LogP contribution in [0.1, 0.15) is 29.2 Å². The largest absolute Gasteiger partial charge is 0.490 e. The number of nitrogens with one attached hydrogen (secondary N) is 1. The summed E-state index contributed by atoms with van der Waals surface area (Å²) in [6.07, 6.45) is 0.709. The first-order valence-corrected chi connectivity index (χ1v) is 13.1. The standard InChI is InChI=1S/C26H30N6O3S/c1-26(2)16-18-23(24(33)29-26)36-25(27-18)32-13-14-34-20-8-7-17(15-19(20)32)35-22-6-4-5-21(28-22)31-11-9-30(3)10-12-31/h4-8,15H,9-14,16H2,1-3H3,(H,29,33). The quantitative estimate of drug-likeness (QED) is 0.574. The van der Waals surface area contributed by atoms with Crippen LogP contribution in [0.2, 0.25) is 0 Å². The van der Waals surface area contributed by atoms with Crippen LogP contribution >= 0.6 is 11.3 Å². The number of carbonyl (C=O) groups is 1. The average Bonchev–Trinajstić information content (AvgIpc) is 3.27. The van der Waals surface area contributed by atoms with Crippen LogP contribution in [0.5, 0.6) is 17.4 Å². The van der Waals surface area contributed by atoms with Gasteiger partial charge >= 0.3 is 0 Å². The lowest BCUT2D eigenvalue weighted by atomic mass is 9.94. The summed E-state index contributed by atoms with van der Waals surface area (Å²) in [5.74, 6) is 2.87. The third kappa shape index (κ3) is 4.46. The van der Waals surface area contributed by atoms with E-state index in [-0.39, 0.29) is 11.4 Å².